The fourth-order valence-electron chi connectivity index (χ4n) is 0.819. The Balaban J connectivity index is 3.94. The first-order chi connectivity index (χ1) is 6.25. The first-order valence-corrected chi connectivity index (χ1v) is 5.02. The minimum atomic E-state index is -0.175. The van der Waals surface area contributed by atoms with Gasteiger partial charge in [0, 0.05) is 6.54 Å². The van der Waals surface area contributed by atoms with Crippen molar-refractivity contribution in [2.75, 3.05) is 6.54 Å². The van der Waals surface area contributed by atoms with E-state index in [2.05, 4.69) is 33.0 Å². The quantitative estimate of drug-likeness (QED) is 0.686. The predicted octanol–water partition coefficient (Wildman–Crippen LogP) is 1.76. The zero-order chi connectivity index (χ0) is 11.4. The van der Waals surface area contributed by atoms with E-state index in [0.29, 0.717) is 12.5 Å². The molecule has 0 radical (unpaired) electrons. The van der Waals surface area contributed by atoms with Crippen LogP contribution in [0.3, 0.4) is 0 Å². The fourth-order valence-corrected chi connectivity index (χ4v) is 0.819. The molecular formula is C11H21NO2. The maximum atomic E-state index is 11.2. The summed E-state index contributed by atoms with van der Waals surface area (Å²) in [5.41, 5.74) is 0.0758. The lowest BCUT2D eigenvalue weighted by atomic mass is 9.81. The van der Waals surface area contributed by atoms with Crippen LogP contribution in [0.4, 0.5) is 0 Å². The Labute approximate surface area is 86.3 Å². The van der Waals surface area contributed by atoms with Gasteiger partial charge in [0.05, 0.1) is 6.42 Å². The number of amides is 1. The molecule has 0 aromatic carbocycles. The smallest absolute Gasteiger partial charge is 0.227 e. The van der Waals surface area contributed by atoms with E-state index in [1.165, 1.54) is 6.92 Å². The number of hydrogen-bond donors (Lipinski definition) is 1. The Morgan fingerprint density at radius 2 is 1.79 bits per heavy atom. The molecule has 0 saturated heterocycles. The van der Waals surface area contributed by atoms with Gasteiger partial charge in [-0.15, -0.1) is 0 Å². The van der Waals surface area contributed by atoms with Gasteiger partial charge in [-0.1, -0.05) is 27.7 Å². The maximum Gasteiger partial charge on any atom is 0.227 e. The summed E-state index contributed by atoms with van der Waals surface area (Å²) < 4.78 is 0. The predicted molar refractivity (Wildman–Crippen MR) is 56.9 cm³/mol. The zero-order valence-electron chi connectivity index (χ0n) is 9.81. The minimum absolute atomic E-state index is 0.00578. The Kier molecular flexibility index (Phi) is 4.81. The minimum Gasteiger partial charge on any atom is -0.355 e. The molecule has 0 aromatic heterocycles. The average Bonchev–Trinajstić information content (AvgIpc) is 1.99. The van der Waals surface area contributed by atoms with E-state index in [1.807, 2.05) is 0 Å². The molecule has 0 atom stereocenters. The van der Waals surface area contributed by atoms with Gasteiger partial charge >= 0.3 is 0 Å². The number of nitrogens with one attached hydrogen (secondary N) is 1. The van der Waals surface area contributed by atoms with Crippen molar-refractivity contribution in [3.05, 3.63) is 0 Å². The summed E-state index contributed by atoms with van der Waals surface area (Å²) in [6, 6.07) is 0. The molecule has 14 heavy (non-hydrogen) atoms. The molecule has 3 heteroatoms. The third-order valence-electron chi connectivity index (χ3n) is 2.71. The molecular weight excluding hydrogens is 178 g/mol. The van der Waals surface area contributed by atoms with Crippen LogP contribution in [0.2, 0.25) is 0 Å². The number of hydrogen-bond acceptors (Lipinski definition) is 2. The fraction of sp³-hybridized carbons (Fsp3) is 0.818. The van der Waals surface area contributed by atoms with Crippen molar-refractivity contribution in [1.29, 1.82) is 0 Å². The van der Waals surface area contributed by atoms with Crippen molar-refractivity contribution in [2.45, 2.75) is 41.0 Å². The van der Waals surface area contributed by atoms with Gasteiger partial charge in [0.1, 0.15) is 5.78 Å². The highest BCUT2D eigenvalue weighted by atomic mass is 16.2. The Morgan fingerprint density at radius 1 is 1.29 bits per heavy atom. The molecule has 0 aromatic rings. The van der Waals surface area contributed by atoms with E-state index < -0.39 is 0 Å². The van der Waals surface area contributed by atoms with Gasteiger partial charge in [-0.3, -0.25) is 9.59 Å². The maximum absolute atomic E-state index is 11.2. The van der Waals surface area contributed by atoms with Gasteiger partial charge in [0.15, 0.2) is 0 Å². The van der Waals surface area contributed by atoms with Gasteiger partial charge in [-0.05, 0) is 18.3 Å². The molecule has 0 aliphatic heterocycles. The standard InChI is InChI=1S/C11H21NO2/c1-8(2)11(4,5)7-12-10(14)6-9(3)13/h8H,6-7H2,1-5H3,(H,12,14). The van der Waals surface area contributed by atoms with Gasteiger partial charge in [-0.25, -0.2) is 0 Å². The third kappa shape index (κ3) is 5.00. The molecule has 1 amide bonds. The molecule has 0 spiro atoms. The summed E-state index contributed by atoms with van der Waals surface area (Å²) in [5.74, 6) is 0.233. The van der Waals surface area contributed by atoms with Crippen molar-refractivity contribution >= 4 is 11.7 Å². The van der Waals surface area contributed by atoms with E-state index in [0.717, 1.165) is 0 Å². The lowest BCUT2D eigenvalue weighted by Crippen LogP contribution is -2.37. The van der Waals surface area contributed by atoms with Crippen LogP contribution in [0.15, 0.2) is 0 Å². The summed E-state index contributed by atoms with van der Waals surface area (Å²) >= 11 is 0. The molecule has 0 aliphatic carbocycles. The SMILES string of the molecule is CC(=O)CC(=O)NCC(C)(C)C(C)C. The van der Waals surface area contributed by atoms with E-state index in [-0.39, 0.29) is 23.5 Å². The average molecular weight is 199 g/mol. The molecule has 0 unspecified atom stereocenters. The summed E-state index contributed by atoms with van der Waals surface area (Å²) in [5, 5.41) is 2.78. The monoisotopic (exact) mass is 199 g/mol. The highest BCUT2D eigenvalue weighted by Gasteiger charge is 2.22. The van der Waals surface area contributed by atoms with E-state index >= 15 is 0 Å². The highest BCUT2D eigenvalue weighted by molar-refractivity contribution is 5.96. The van der Waals surface area contributed by atoms with Crippen LogP contribution in [0, 0.1) is 11.3 Å². The number of Topliss-reactive ketones (excluding diaryl/α,β-unsaturated/α-hetero) is 1. The van der Waals surface area contributed by atoms with Crippen LogP contribution in [-0.2, 0) is 9.59 Å². The molecule has 82 valence electrons. The first kappa shape index (κ1) is 13.1. The van der Waals surface area contributed by atoms with Crippen molar-refractivity contribution in [1.82, 2.24) is 5.32 Å². The molecule has 0 heterocycles. The van der Waals surface area contributed by atoms with Crippen molar-refractivity contribution in [3.8, 4) is 0 Å². The molecule has 0 saturated carbocycles. The molecule has 0 bridgehead atoms. The topological polar surface area (TPSA) is 46.2 Å². The number of rotatable bonds is 5. The Morgan fingerprint density at radius 3 is 2.14 bits per heavy atom. The van der Waals surface area contributed by atoms with Gasteiger partial charge in [0.2, 0.25) is 5.91 Å². The Hall–Kier alpha value is -0.860. The Bertz CT molecular complexity index is 219. The number of ketones is 1. The highest BCUT2D eigenvalue weighted by Crippen LogP contribution is 2.24. The van der Waals surface area contributed by atoms with E-state index in [9.17, 15) is 9.59 Å². The summed E-state index contributed by atoms with van der Waals surface area (Å²) in [6.07, 6.45) is -0.00578. The summed E-state index contributed by atoms with van der Waals surface area (Å²) in [4.78, 5) is 21.8. The lowest BCUT2D eigenvalue weighted by molar-refractivity contribution is -0.127. The van der Waals surface area contributed by atoms with E-state index in [1.54, 1.807) is 0 Å². The van der Waals surface area contributed by atoms with Crippen LogP contribution >= 0.6 is 0 Å². The third-order valence-corrected chi connectivity index (χ3v) is 2.71. The second-order valence-electron chi connectivity index (χ2n) is 4.80. The summed E-state index contributed by atoms with van der Waals surface area (Å²) in [6.45, 7) is 10.5. The van der Waals surface area contributed by atoms with Gasteiger partial charge in [-0.2, -0.15) is 0 Å². The molecule has 1 N–H and O–H groups in total. The second-order valence-corrected chi connectivity index (χ2v) is 4.80. The molecule has 3 nitrogen and oxygen atoms in total. The zero-order valence-corrected chi connectivity index (χ0v) is 9.81. The van der Waals surface area contributed by atoms with Crippen molar-refractivity contribution in [2.24, 2.45) is 11.3 Å². The van der Waals surface area contributed by atoms with Crippen LogP contribution in [0.1, 0.15) is 41.0 Å². The molecule has 0 rings (SSSR count). The second kappa shape index (κ2) is 5.13. The largest absolute Gasteiger partial charge is 0.355 e. The lowest BCUT2D eigenvalue weighted by Gasteiger charge is -2.29. The van der Waals surface area contributed by atoms with Crippen LogP contribution in [0.5, 0.6) is 0 Å². The molecule has 0 aliphatic rings. The van der Waals surface area contributed by atoms with Crippen molar-refractivity contribution in [3.63, 3.8) is 0 Å². The first-order valence-electron chi connectivity index (χ1n) is 5.02. The van der Waals surface area contributed by atoms with E-state index in [4.69, 9.17) is 0 Å². The summed E-state index contributed by atoms with van der Waals surface area (Å²) in [7, 11) is 0. The number of carbonyl (C=O) groups is 2. The van der Waals surface area contributed by atoms with Gasteiger partial charge < -0.3 is 5.32 Å². The van der Waals surface area contributed by atoms with Crippen LogP contribution in [0.25, 0.3) is 0 Å². The van der Waals surface area contributed by atoms with Crippen LogP contribution in [-0.4, -0.2) is 18.2 Å². The van der Waals surface area contributed by atoms with Gasteiger partial charge in [0.25, 0.3) is 0 Å². The van der Waals surface area contributed by atoms with Crippen molar-refractivity contribution < 1.29 is 9.59 Å². The number of carbonyl (C=O) groups excluding carboxylic acids is 2. The normalized spacial score (nSPS) is 11.6. The molecule has 0 fully saturated rings. The van der Waals surface area contributed by atoms with Crippen LogP contribution < -0.4 is 5.32 Å².